The summed E-state index contributed by atoms with van der Waals surface area (Å²) in [5, 5.41) is 0.134. The molecule has 122 valence electrons. The van der Waals surface area contributed by atoms with Gasteiger partial charge in [0.15, 0.2) is 0 Å². The van der Waals surface area contributed by atoms with Gasteiger partial charge in [-0.05, 0) is 47.3 Å². The zero-order valence-corrected chi connectivity index (χ0v) is 16.2. The molecule has 6 heteroatoms. The normalized spacial score (nSPS) is 12.3. The molecule has 2 heterocycles. The summed E-state index contributed by atoms with van der Waals surface area (Å²) in [5.41, 5.74) is 5.78. The van der Waals surface area contributed by atoms with Crippen LogP contribution in [0.5, 0.6) is 0 Å². The maximum Gasteiger partial charge on any atom is 0.209 e. The lowest BCUT2D eigenvalue weighted by Gasteiger charge is -2.11. The quantitative estimate of drug-likeness (QED) is 0.509. The minimum Gasteiger partial charge on any atom is -0.354 e. The molecular formula is C18H18BBrN2OS. The lowest BCUT2D eigenvalue weighted by atomic mass is 10.00. The Kier molecular flexibility index (Phi) is 5.06. The van der Waals surface area contributed by atoms with Crippen molar-refractivity contribution >= 4 is 46.8 Å². The number of benzene rings is 1. The molecule has 24 heavy (non-hydrogen) atoms. The highest BCUT2D eigenvalue weighted by molar-refractivity contribution is 9.10. The number of halogens is 1. The first-order valence-corrected chi connectivity index (χ1v) is 9.75. The van der Waals surface area contributed by atoms with E-state index in [9.17, 15) is 4.79 Å². The van der Waals surface area contributed by atoms with Crippen molar-refractivity contribution in [2.75, 3.05) is 6.26 Å². The van der Waals surface area contributed by atoms with Crippen LogP contribution in [0.4, 0.5) is 0 Å². The third-order valence-corrected chi connectivity index (χ3v) is 5.84. The highest BCUT2D eigenvalue weighted by Crippen LogP contribution is 2.33. The standard InChI is InChI=1S/C18H18BBrN2OS/c1-10-3-5-11(6-4-10)16(23)13-7-8-14(21-13)17(24-2)15-9-12(19)18(20)22-15/h3-9,17,21-22H,19H2,1-2H3. The fourth-order valence-electron chi connectivity index (χ4n) is 2.68. The van der Waals surface area contributed by atoms with Gasteiger partial charge in [-0.3, -0.25) is 4.79 Å². The van der Waals surface area contributed by atoms with Crippen molar-refractivity contribution in [3.63, 3.8) is 0 Å². The molecule has 1 atom stereocenters. The Bertz CT molecular complexity index is 850. The van der Waals surface area contributed by atoms with Gasteiger partial charge in [-0.15, -0.1) is 11.8 Å². The lowest BCUT2D eigenvalue weighted by Crippen LogP contribution is -2.03. The third-order valence-electron chi connectivity index (χ3n) is 4.04. The van der Waals surface area contributed by atoms with Crippen LogP contribution in [0.25, 0.3) is 0 Å². The predicted molar refractivity (Wildman–Crippen MR) is 107 cm³/mol. The maximum absolute atomic E-state index is 12.6. The Morgan fingerprint density at radius 3 is 2.42 bits per heavy atom. The van der Waals surface area contributed by atoms with Crippen molar-refractivity contribution in [2.24, 2.45) is 0 Å². The van der Waals surface area contributed by atoms with Gasteiger partial charge in [0.05, 0.1) is 15.5 Å². The molecule has 1 unspecified atom stereocenters. The van der Waals surface area contributed by atoms with Gasteiger partial charge in [0, 0.05) is 17.0 Å². The number of ketones is 1. The largest absolute Gasteiger partial charge is 0.354 e. The number of H-pyrrole nitrogens is 2. The van der Waals surface area contributed by atoms with E-state index in [1.165, 1.54) is 5.46 Å². The summed E-state index contributed by atoms with van der Waals surface area (Å²) in [6.45, 7) is 2.01. The molecule has 3 aromatic rings. The van der Waals surface area contributed by atoms with E-state index >= 15 is 0 Å². The predicted octanol–water partition coefficient (Wildman–Crippen LogP) is 3.36. The monoisotopic (exact) mass is 400 g/mol. The summed E-state index contributed by atoms with van der Waals surface area (Å²) in [4.78, 5) is 19.3. The molecule has 0 amide bonds. The van der Waals surface area contributed by atoms with Crippen LogP contribution in [-0.2, 0) is 0 Å². The van der Waals surface area contributed by atoms with E-state index in [-0.39, 0.29) is 11.0 Å². The van der Waals surface area contributed by atoms with E-state index in [4.69, 9.17) is 0 Å². The van der Waals surface area contributed by atoms with Crippen LogP contribution < -0.4 is 5.46 Å². The van der Waals surface area contributed by atoms with Crippen LogP contribution >= 0.6 is 27.7 Å². The number of aryl methyl sites for hydroxylation is 1. The van der Waals surface area contributed by atoms with Gasteiger partial charge in [0.25, 0.3) is 0 Å². The Hall–Kier alpha value is -1.66. The first kappa shape index (κ1) is 17.2. The molecular weight excluding hydrogens is 383 g/mol. The minimum absolute atomic E-state index is 0.0185. The Labute approximate surface area is 155 Å². The first-order chi connectivity index (χ1) is 11.5. The molecule has 0 radical (unpaired) electrons. The number of aromatic nitrogens is 2. The molecule has 0 saturated heterocycles. The molecule has 0 aliphatic rings. The number of carbonyl (C=O) groups excluding carboxylic acids is 1. The van der Waals surface area contributed by atoms with Crippen molar-refractivity contribution in [1.82, 2.24) is 9.97 Å². The number of carbonyl (C=O) groups is 1. The van der Waals surface area contributed by atoms with Crippen molar-refractivity contribution in [3.8, 4) is 0 Å². The van der Waals surface area contributed by atoms with Gasteiger partial charge in [0.1, 0.15) is 7.85 Å². The molecule has 3 rings (SSSR count). The second-order valence-electron chi connectivity index (χ2n) is 5.86. The van der Waals surface area contributed by atoms with Crippen LogP contribution in [0.1, 0.15) is 38.3 Å². The molecule has 0 bridgehead atoms. The minimum atomic E-state index is 0.0185. The van der Waals surface area contributed by atoms with Gasteiger partial charge < -0.3 is 9.97 Å². The number of aromatic amines is 2. The Morgan fingerprint density at radius 1 is 1.12 bits per heavy atom. The Balaban J connectivity index is 1.88. The summed E-state index contributed by atoms with van der Waals surface area (Å²) in [6, 6.07) is 13.7. The molecule has 1 aromatic carbocycles. The average Bonchev–Trinajstić information content (AvgIpc) is 3.16. The molecule has 0 aliphatic heterocycles. The molecule has 0 fully saturated rings. The highest BCUT2D eigenvalue weighted by Gasteiger charge is 2.19. The van der Waals surface area contributed by atoms with Crippen LogP contribution in [0.2, 0.25) is 0 Å². The summed E-state index contributed by atoms with van der Waals surface area (Å²) in [5.74, 6) is 0.0185. The Morgan fingerprint density at radius 2 is 1.83 bits per heavy atom. The third kappa shape index (κ3) is 3.40. The molecule has 0 saturated carbocycles. The number of hydrogen-bond acceptors (Lipinski definition) is 2. The van der Waals surface area contributed by atoms with E-state index in [1.54, 1.807) is 11.8 Å². The zero-order valence-electron chi connectivity index (χ0n) is 13.8. The summed E-state index contributed by atoms with van der Waals surface area (Å²) in [6.07, 6.45) is 2.07. The first-order valence-electron chi connectivity index (χ1n) is 7.67. The summed E-state index contributed by atoms with van der Waals surface area (Å²) >= 11 is 5.25. The van der Waals surface area contributed by atoms with Crippen molar-refractivity contribution in [2.45, 2.75) is 12.2 Å². The van der Waals surface area contributed by atoms with Crippen LogP contribution in [0, 0.1) is 6.92 Å². The number of nitrogens with one attached hydrogen (secondary N) is 2. The van der Waals surface area contributed by atoms with Gasteiger partial charge >= 0.3 is 0 Å². The average molecular weight is 401 g/mol. The topological polar surface area (TPSA) is 48.6 Å². The second kappa shape index (κ2) is 7.07. The SMILES string of the molecule is Bc1cc(C(SC)c2ccc(C(=O)c3ccc(C)cc3)[nH]2)[nH]c1Br. The van der Waals surface area contributed by atoms with E-state index < -0.39 is 0 Å². The second-order valence-corrected chi connectivity index (χ2v) is 7.60. The van der Waals surface area contributed by atoms with Crippen molar-refractivity contribution < 1.29 is 4.79 Å². The maximum atomic E-state index is 12.6. The molecule has 2 N–H and O–H groups in total. The fraction of sp³-hybridized carbons (Fsp3) is 0.167. The molecule has 3 nitrogen and oxygen atoms in total. The van der Waals surface area contributed by atoms with Crippen LogP contribution in [0.3, 0.4) is 0 Å². The highest BCUT2D eigenvalue weighted by atomic mass is 79.9. The van der Waals surface area contributed by atoms with Crippen LogP contribution in [-0.4, -0.2) is 29.9 Å². The number of rotatable bonds is 5. The van der Waals surface area contributed by atoms with E-state index in [0.717, 1.165) is 21.6 Å². The van der Waals surface area contributed by atoms with Gasteiger partial charge in [-0.2, -0.15) is 0 Å². The summed E-state index contributed by atoms with van der Waals surface area (Å²) in [7, 11) is 2.06. The van der Waals surface area contributed by atoms with Crippen LogP contribution in [0.15, 0.2) is 47.1 Å². The van der Waals surface area contributed by atoms with Crippen molar-refractivity contribution in [3.05, 3.63) is 75.3 Å². The molecule has 2 aromatic heterocycles. The summed E-state index contributed by atoms with van der Waals surface area (Å²) < 4.78 is 0.999. The van der Waals surface area contributed by atoms with Gasteiger partial charge in [0.2, 0.25) is 5.78 Å². The zero-order chi connectivity index (χ0) is 17.3. The molecule has 0 aliphatic carbocycles. The number of hydrogen-bond donors (Lipinski definition) is 2. The molecule has 0 spiro atoms. The van der Waals surface area contributed by atoms with E-state index in [1.807, 2.05) is 43.3 Å². The smallest absolute Gasteiger partial charge is 0.209 e. The van der Waals surface area contributed by atoms with Gasteiger partial charge in [-0.1, -0.05) is 35.3 Å². The van der Waals surface area contributed by atoms with Gasteiger partial charge in [-0.25, -0.2) is 0 Å². The number of thioether (sulfide) groups is 1. The van der Waals surface area contributed by atoms with Crippen molar-refractivity contribution in [1.29, 1.82) is 0 Å². The van der Waals surface area contributed by atoms with E-state index in [2.05, 4.69) is 46.1 Å². The fourth-order valence-corrected chi connectivity index (χ4v) is 3.79. The lowest BCUT2D eigenvalue weighted by molar-refractivity contribution is 0.103. The van der Waals surface area contributed by atoms with E-state index in [0.29, 0.717) is 11.3 Å².